The molecule has 2 aromatic rings. The Bertz CT molecular complexity index is 773. The van der Waals surface area contributed by atoms with E-state index in [2.05, 4.69) is 10.6 Å². The first-order chi connectivity index (χ1) is 13.7. The van der Waals surface area contributed by atoms with Crippen molar-refractivity contribution in [2.45, 2.75) is 63.1 Å². The van der Waals surface area contributed by atoms with Crippen molar-refractivity contribution < 1.29 is 14.2 Å². The fourth-order valence-electron chi connectivity index (χ4n) is 4.02. The molecule has 0 bridgehead atoms. The van der Waals surface area contributed by atoms with Crippen LogP contribution in [0.3, 0.4) is 0 Å². The summed E-state index contributed by atoms with van der Waals surface area (Å²) >= 11 is 0. The Morgan fingerprint density at radius 3 is 2.86 bits per heavy atom. The fourth-order valence-corrected chi connectivity index (χ4v) is 4.02. The van der Waals surface area contributed by atoms with Crippen LogP contribution >= 0.6 is 0 Å². The van der Waals surface area contributed by atoms with Gasteiger partial charge in [-0.05, 0) is 31.2 Å². The maximum atomic E-state index is 12.8. The van der Waals surface area contributed by atoms with Gasteiger partial charge in [0.05, 0.1) is 12.6 Å². The fraction of sp³-hybridized carbons (Fsp3) is 0.524. The van der Waals surface area contributed by atoms with Crippen molar-refractivity contribution in [1.82, 2.24) is 15.5 Å². The second-order valence-corrected chi connectivity index (χ2v) is 7.82. The molecule has 0 radical (unpaired) electrons. The van der Waals surface area contributed by atoms with Crippen LogP contribution in [-0.4, -0.2) is 28.7 Å². The quantitative estimate of drug-likeness (QED) is 0.768. The van der Waals surface area contributed by atoms with Gasteiger partial charge in [-0.2, -0.15) is 0 Å². The monoisotopic (exact) mass is 384 g/mol. The summed E-state index contributed by atoms with van der Waals surface area (Å²) in [6.45, 7) is 1.02. The van der Waals surface area contributed by atoms with Crippen molar-refractivity contribution in [3.8, 4) is 0 Å². The molecule has 2 fully saturated rings. The third-order valence-electron chi connectivity index (χ3n) is 5.72. The Morgan fingerprint density at radius 2 is 2.07 bits per heavy atom. The van der Waals surface area contributed by atoms with E-state index in [4.69, 9.17) is 15.1 Å². The van der Waals surface area contributed by atoms with Gasteiger partial charge in [0.1, 0.15) is 11.5 Å². The third-order valence-corrected chi connectivity index (χ3v) is 5.72. The van der Waals surface area contributed by atoms with E-state index in [-0.39, 0.29) is 18.1 Å². The van der Waals surface area contributed by atoms with Crippen LogP contribution in [0.5, 0.6) is 0 Å². The van der Waals surface area contributed by atoms with E-state index in [1.165, 1.54) is 0 Å². The average Bonchev–Trinajstić information content (AvgIpc) is 3.03. The number of amides is 2. The van der Waals surface area contributed by atoms with Crippen LogP contribution < -0.4 is 11.2 Å². The first kappa shape index (κ1) is 19.0. The zero-order valence-corrected chi connectivity index (χ0v) is 16.0. The Labute approximate surface area is 165 Å². The third kappa shape index (κ3) is 4.36. The lowest BCUT2D eigenvalue weighted by atomic mass is 9.79. The predicted octanol–water partition coefficient (Wildman–Crippen LogP) is 3.64. The van der Waals surface area contributed by atoms with Crippen LogP contribution in [0.15, 0.2) is 40.9 Å². The van der Waals surface area contributed by atoms with Gasteiger partial charge in [-0.15, -0.1) is 0 Å². The normalized spacial score (nSPS) is 25.0. The van der Waals surface area contributed by atoms with Crippen molar-refractivity contribution in [2.24, 2.45) is 5.73 Å². The molecule has 2 aliphatic rings. The summed E-state index contributed by atoms with van der Waals surface area (Å²) in [6.07, 6.45) is 5.91. The predicted molar refractivity (Wildman–Crippen MR) is 104 cm³/mol. The molecule has 7 heteroatoms. The summed E-state index contributed by atoms with van der Waals surface area (Å²) in [7, 11) is 0. The zero-order chi connectivity index (χ0) is 19.3. The number of hydrogen-bond acceptors (Lipinski definition) is 5. The van der Waals surface area contributed by atoms with Gasteiger partial charge in [0, 0.05) is 24.6 Å². The molecular formula is C21H28N4O3. The number of nitrogens with one attached hydrogen (secondary N) is 1. The molecule has 1 aliphatic heterocycles. The van der Waals surface area contributed by atoms with Gasteiger partial charge in [-0.3, -0.25) is 4.84 Å². The van der Waals surface area contributed by atoms with Crippen LogP contribution in [0.1, 0.15) is 67.5 Å². The van der Waals surface area contributed by atoms with Crippen LogP contribution in [0, 0.1) is 0 Å². The minimum atomic E-state index is -0.224. The van der Waals surface area contributed by atoms with Gasteiger partial charge >= 0.3 is 6.03 Å². The highest BCUT2D eigenvalue weighted by Gasteiger charge is 2.34. The van der Waals surface area contributed by atoms with Gasteiger partial charge in [-0.25, -0.2) is 10.3 Å². The molecule has 1 atom stereocenters. The summed E-state index contributed by atoms with van der Waals surface area (Å²) < 4.78 is 5.58. The van der Waals surface area contributed by atoms with Crippen LogP contribution in [0.2, 0.25) is 0 Å². The topological polar surface area (TPSA) is 93.6 Å². The van der Waals surface area contributed by atoms with Crippen LogP contribution in [0.25, 0.3) is 0 Å². The van der Waals surface area contributed by atoms with Gasteiger partial charge < -0.3 is 15.2 Å². The number of hydroxylamine groups is 1. The van der Waals surface area contributed by atoms with Crippen molar-refractivity contribution in [3.05, 3.63) is 53.4 Å². The molecule has 150 valence electrons. The Balaban J connectivity index is 1.39. The summed E-state index contributed by atoms with van der Waals surface area (Å²) in [5, 5.41) is 4.29. The van der Waals surface area contributed by atoms with Crippen molar-refractivity contribution >= 4 is 6.03 Å². The highest BCUT2D eigenvalue weighted by Crippen LogP contribution is 2.38. The van der Waals surface area contributed by atoms with Crippen molar-refractivity contribution in [3.63, 3.8) is 0 Å². The summed E-state index contributed by atoms with van der Waals surface area (Å²) in [4.78, 5) is 20.1. The van der Waals surface area contributed by atoms with Gasteiger partial charge in [0.25, 0.3) is 0 Å². The molecule has 1 aromatic heterocycles. The Kier molecular flexibility index (Phi) is 5.92. The molecule has 0 unspecified atom stereocenters. The summed E-state index contributed by atoms with van der Waals surface area (Å²) in [6, 6.07) is 11.7. The Hall–Kier alpha value is -2.38. The van der Waals surface area contributed by atoms with Crippen molar-refractivity contribution in [1.29, 1.82) is 0 Å². The number of aromatic nitrogens is 1. The highest BCUT2D eigenvalue weighted by molar-refractivity contribution is 5.73. The number of carbonyl (C=O) groups is 1. The lowest BCUT2D eigenvalue weighted by molar-refractivity contribution is 0.0314. The second-order valence-electron chi connectivity index (χ2n) is 7.82. The van der Waals surface area contributed by atoms with E-state index in [1.54, 1.807) is 0 Å². The maximum Gasteiger partial charge on any atom is 0.341 e. The maximum absolute atomic E-state index is 12.8. The first-order valence-corrected chi connectivity index (χ1v) is 10.1. The lowest BCUT2D eigenvalue weighted by Crippen LogP contribution is -2.42. The summed E-state index contributed by atoms with van der Waals surface area (Å²) in [5.41, 5.74) is 10.3. The SMILES string of the molecule is NC1CC(c2cc([C@@H]3CCCCCN3C(=O)NOCc3ccccc3)no2)C1. The van der Waals surface area contributed by atoms with E-state index in [1.807, 2.05) is 41.3 Å². The lowest BCUT2D eigenvalue weighted by Gasteiger charge is -2.30. The average molecular weight is 384 g/mol. The van der Waals surface area contributed by atoms with Crippen LogP contribution in [-0.2, 0) is 11.4 Å². The highest BCUT2D eigenvalue weighted by atomic mass is 16.7. The molecule has 3 N–H and O–H groups in total. The number of rotatable bonds is 5. The molecule has 1 saturated heterocycles. The van der Waals surface area contributed by atoms with Crippen LogP contribution in [0.4, 0.5) is 4.79 Å². The van der Waals surface area contributed by atoms with Crippen molar-refractivity contribution in [2.75, 3.05) is 6.54 Å². The largest absolute Gasteiger partial charge is 0.361 e. The number of nitrogens with two attached hydrogens (primary N) is 1. The molecule has 4 rings (SSSR count). The van der Waals surface area contributed by atoms with E-state index >= 15 is 0 Å². The number of benzene rings is 1. The first-order valence-electron chi connectivity index (χ1n) is 10.1. The smallest absolute Gasteiger partial charge is 0.341 e. The standard InChI is InChI=1S/C21H28N4O3/c22-17-11-16(12-17)20-13-18(23-28-20)19-9-5-2-6-10-25(19)21(26)24-27-14-15-7-3-1-4-8-15/h1,3-4,7-8,13,16-17,19H,2,5-6,9-12,14,22H2,(H,24,26)/t16?,17?,19-/m0/s1. The molecule has 7 nitrogen and oxygen atoms in total. The van der Waals surface area contributed by atoms with E-state index < -0.39 is 0 Å². The molecule has 2 heterocycles. The number of hydrogen-bond donors (Lipinski definition) is 2. The molecule has 1 aromatic carbocycles. The molecule has 1 aliphatic carbocycles. The number of likely N-dealkylation sites (tertiary alicyclic amines) is 1. The van der Waals surface area contributed by atoms with E-state index in [0.717, 1.165) is 55.5 Å². The molecule has 1 saturated carbocycles. The molecular weight excluding hydrogens is 356 g/mol. The number of carbonyl (C=O) groups excluding carboxylic acids is 1. The van der Waals surface area contributed by atoms with Gasteiger partial charge in [0.2, 0.25) is 0 Å². The minimum absolute atomic E-state index is 0.0888. The molecule has 28 heavy (non-hydrogen) atoms. The van der Waals surface area contributed by atoms with E-state index in [0.29, 0.717) is 19.1 Å². The van der Waals surface area contributed by atoms with Gasteiger partial charge in [-0.1, -0.05) is 48.3 Å². The zero-order valence-electron chi connectivity index (χ0n) is 16.0. The minimum Gasteiger partial charge on any atom is -0.361 e. The number of urea groups is 1. The van der Waals surface area contributed by atoms with Gasteiger partial charge in [0.15, 0.2) is 0 Å². The molecule has 0 spiro atoms. The molecule has 2 amide bonds. The number of nitrogens with zero attached hydrogens (tertiary/aromatic N) is 2. The summed E-state index contributed by atoms with van der Waals surface area (Å²) in [5.74, 6) is 1.25. The second kappa shape index (κ2) is 8.75. The Morgan fingerprint density at radius 1 is 1.25 bits per heavy atom. The van der Waals surface area contributed by atoms with E-state index in [9.17, 15) is 4.79 Å².